The highest BCUT2D eigenvalue weighted by molar-refractivity contribution is 6.04. The van der Waals surface area contributed by atoms with Crippen LogP contribution in [-0.4, -0.2) is 39.5 Å². The normalized spacial score (nSPS) is 11.5. The Morgan fingerprint density at radius 2 is 1.86 bits per heavy atom. The molecule has 0 unspecified atom stereocenters. The molecule has 0 aliphatic heterocycles. The topological polar surface area (TPSA) is 82.1 Å². The Morgan fingerprint density at radius 3 is 2.61 bits per heavy atom. The van der Waals surface area contributed by atoms with E-state index in [1.807, 2.05) is 24.3 Å². The highest BCUT2D eigenvalue weighted by atomic mass is 15.4. The molecule has 0 saturated carbocycles. The van der Waals surface area contributed by atoms with Crippen molar-refractivity contribution < 1.29 is 0 Å². The molecule has 7 heteroatoms. The van der Waals surface area contributed by atoms with Crippen LogP contribution >= 0.6 is 0 Å². The van der Waals surface area contributed by atoms with Crippen molar-refractivity contribution in [3.8, 4) is 0 Å². The van der Waals surface area contributed by atoms with E-state index in [1.165, 1.54) is 5.69 Å². The first-order chi connectivity index (χ1) is 13.7. The molecule has 0 amide bonds. The van der Waals surface area contributed by atoms with Gasteiger partial charge in [0.25, 0.3) is 5.95 Å². The third kappa shape index (κ3) is 3.38. The minimum absolute atomic E-state index is 0.354. The van der Waals surface area contributed by atoms with Crippen molar-refractivity contribution in [1.82, 2.24) is 20.2 Å². The lowest BCUT2D eigenvalue weighted by molar-refractivity contribution is 0.866. The number of aryl methyl sites for hydroxylation is 1. The van der Waals surface area contributed by atoms with Crippen LogP contribution in [0, 0.1) is 6.92 Å². The van der Waals surface area contributed by atoms with Crippen LogP contribution in [0.2, 0.25) is 0 Å². The van der Waals surface area contributed by atoms with E-state index in [0.29, 0.717) is 11.6 Å². The number of rotatable bonds is 6. The molecule has 4 aromatic rings. The van der Waals surface area contributed by atoms with Gasteiger partial charge < -0.3 is 9.88 Å². The predicted octanol–water partition coefficient (Wildman–Crippen LogP) is 4.11. The van der Waals surface area contributed by atoms with E-state index >= 15 is 0 Å². The maximum absolute atomic E-state index is 4.48. The lowest BCUT2D eigenvalue weighted by Crippen LogP contribution is -2.21. The fourth-order valence-corrected chi connectivity index (χ4v) is 3.32. The Kier molecular flexibility index (Phi) is 4.89. The van der Waals surface area contributed by atoms with Crippen LogP contribution in [-0.2, 0) is 0 Å². The van der Waals surface area contributed by atoms with Gasteiger partial charge in [-0.3, -0.25) is 0 Å². The lowest BCUT2D eigenvalue weighted by atomic mass is 10.1. The van der Waals surface area contributed by atoms with E-state index in [-0.39, 0.29) is 0 Å². The Bertz CT molecular complexity index is 1120. The van der Waals surface area contributed by atoms with E-state index in [0.717, 1.165) is 40.6 Å². The average Bonchev–Trinajstić information content (AvgIpc) is 3.09. The number of H-pyrrole nitrogens is 1. The summed E-state index contributed by atoms with van der Waals surface area (Å²) in [6.07, 6.45) is 1.74. The molecule has 0 radical (unpaired) electrons. The third-order valence-electron chi connectivity index (χ3n) is 4.86. The maximum atomic E-state index is 4.48. The molecule has 4 rings (SSSR count). The fraction of sp³-hybridized carbons (Fsp3) is 0.238. The summed E-state index contributed by atoms with van der Waals surface area (Å²) in [7, 11) is 0. The number of hydrogen-bond acceptors (Lipinski definition) is 6. The molecule has 0 saturated heterocycles. The van der Waals surface area contributed by atoms with E-state index < -0.39 is 0 Å². The van der Waals surface area contributed by atoms with Gasteiger partial charge >= 0.3 is 0 Å². The van der Waals surface area contributed by atoms with E-state index in [1.54, 1.807) is 6.21 Å². The van der Waals surface area contributed by atoms with Crippen molar-refractivity contribution in [3.05, 3.63) is 53.6 Å². The van der Waals surface area contributed by atoms with E-state index in [9.17, 15) is 0 Å². The second kappa shape index (κ2) is 7.64. The molecular weight excluding hydrogens is 350 g/mol. The number of anilines is 2. The van der Waals surface area contributed by atoms with Crippen molar-refractivity contribution >= 4 is 39.9 Å². The lowest BCUT2D eigenvalue weighted by Gasteiger charge is -2.20. The third-order valence-corrected chi connectivity index (χ3v) is 4.86. The molecule has 2 aromatic carbocycles. The van der Waals surface area contributed by atoms with Gasteiger partial charge in [-0.15, -0.1) is 10.2 Å². The van der Waals surface area contributed by atoms with Gasteiger partial charge in [0.05, 0.1) is 11.7 Å². The Morgan fingerprint density at radius 1 is 1.07 bits per heavy atom. The molecule has 2 aromatic heterocycles. The zero-order chi connectivity index (χ0) is 19.5. The molecule has 28 heavy (non-hydrogen) atoms. The number of nitrogens with one attached hydrogen (secondary N) is 2. The molecule has 2 heterocycles. The van der Waals surface area contributed by atoms with Crippen LogP contribution < -0.4 is 10.3 Å². The van der Waals surface area contributed by atoms with Crippen LogP contribution in [0.25, 0.3) is 22.1 Å². The van der Waals surface area contributed by atoms with Gasteiger partial charge in [-0.25, -0.2) is 5.43 Å². The van der Waals surface area contributed by atoms with E-state index in [4.69, 9.17) is 0 Å². The van der Waals surface area contributed by atoms with Gasteiger partial charge in [0, 0.05) is 24.2 Å². The highest BCUT2D eigenvalue weighted by Gasteiger charge is 2.10. The molecule has 0 bridgehead atoms. The molecule has 0 aliphatic carbocycles. The minimum Gasteiger partial charge on any atom is -0.372 e. The summed E-state index contributed by atoms with van der Waals surface area (Å²) in [4.78, 5) is 10.1. The number of benzene rings is 2. The van der Waals surface area contributed by atoms with Gasteiger partial charge in [0.2, 0.25) is 0 Å². The number of aromatic amines is 1. The van der Waals surface area contributed by atoms with Crippen molar-refractivity contribution in [3.63, 3.8) is 0 Å². The van der Waals surface area contributed by atoms with Gasteiger partial charge in [-0.1, -0.05) is 30.3 Å². The largest absolute Gasteiger partial charge is 0.372 e. The summed E-state index contributed by atoms with van der Waals surface area (Å²) in [5, 5.41) is 13.7. The van der Waals surface area contributed by atoms with Gasteiger partial charge in [0.15, 0.2) is 5.65 Å². The van der Waals surface area contributed by atoms with Crippen molar-refractivity contribution in [2.75, 3.05) is 23.4 Å². The molecule has 7 nitrogen and oxygen atoms in total. The number of fused-ring (bicyclic) bond motifs is 3. The number of hydrazone groups is 1. The molecule has 0 spiro atoms. The monoisotopic (exact) mass is 373 g/mol. The molecule has 0 aliphatic rings. The van der Waals surface area contributed by atoms with Crippen LogP contribution in [0.5, 0.6) is 0 Å². The average molecular weight is 373 g/mol. The van der Waals surface area contributed by atoms with Crippen molar-refractivity contribution in [1.29, 1.82) is 0 Å². The summed E-state index contributed by atoms with van der Waals surface area (Å²) in [5.74, 6) is 0.354. The van der Waals surface area contributed by atoms with Crippen molar-refractivity contribution in [2.45, 2.75) is 20.8 Å². The van der Waals surface area contributed by atoms with Gasteiger partial charge in [-0.2, -0.15) is 10.1 Å². The Hall–Kier alpha value is -3.48. The first-order valence-electron chi connectivity index (χ1n) is 9.45. The number of hydrogen-bond donors (Lipinski definition) is 2. The fourth-order valence-electron chi connectivity index (χ4n) is 3.32. The smallest absolute Gasteiger partial charge is 0.265 e. The zero-order valence-corrected chi connectivity index (χ0v) is 16.3. The van der Waals surface area contributed by atoms with Crippen LogP contribution in [0.15, 0.2) is 47.6 Å². The quantitative estimate of drug-likeness (QED) is 0.393. The molecular formula is C21H23N7. The second-order valence-electron chi connectivity index (χ2n) is 6.59. The second-order valence-corrected chi connectivity index (χ2v) is 6.59. The number of nitrogens with zero attached hydrogens (tertiary/aromatic N) is 5. The highest BCUT2D eigenvalue weighted by Crippen LogP contribution is 2.24. The van der Waals surface area contributed by atoms with Crippen LogP contribution in [0.4, 0.5) is 11.6 Å². The van der Waals surface area contributed by atoms with Crippen LogP contribution in [0.3, 0.4) is 0 Å². The SMILES string of the molecule is CCN(CC)c1ccc(/C=N/Nc2nnc3c(n2)[nH]c2c(C)cccc23)cc1. The summed E-state index contributed by atoms with van der Waals surface area (Å²) in [6.45, 7) is 8.35. The first kappa shape index (κ1) is 17.9. The molecule has 0 atom stereocenters. The van der Waals surface area contributed by atoms with E-state index in [2.05, 4.69) is 74.6 Å². The standard InChI is InChI=1S/C21H23N7/c1-4-28(5-2)16-11-9-15(10-12-16)13-22-26-21-24-20-19(25-27-21)17-8-6-7-14(3)18(17)23-20/h6-13H,4-5H2,1-3H3,(H2,23,24,26,27)/b22-13+. The summed E-state index contributed by atoms with van der Waals surface area (Å²) in [6, 6.07) is 14.4. The van der Waals surface area contributed by atoms with Gasteiger partial charge in [-0.05, 0) is 44.0 Å². The number of para-hydroxylation sites is 1. The summed E-state index contributed by atoms with van der Waals surface area (Å²) < 4.78 is 0. The molecule has 2 N–H and O–H groups in total. The Labute approximate surface area is 163 Å². The summed E-state index contributed by atoms with van der Waals surface area (Å²) >= 11 is 0. The minimum atomic E-state index is 0.354. The van der Waals surface area contributed by atoms with Gasteiger partial charge in [0.1, 0.15) is 5.52 Å². The summed E-state index contributed by atoms with van der Waals surface area (Å²) in [5.41, 5.74) is 8.71. The van der Waals surface area contributed by atoms with Crippen LogP contribution in [0.1, 0.15) is 25.0 Å². The molecule has 142 valence electrons. The van der Waals surface area contributed by atoms with Crippen molar-refractivity contribution in [2.24, 2.45) is 5.10 Å². The molecule has 0 fully saturated rings. The number of aromatic nitrogens is 4. The first-order valence-corrected chi connectivity index (χ1v) is 9.45. The maximum Gasteiger partial charge on any atom is 0.265 e. The zero-order valence-electron chi connectivity index (χ0n) is 16.3. The predicted molar refractivity (Wildman–Crippen MR) is 115 cm³/mol. The Balaban J connectivity index is 1.50.